The lowest BCUT2D eigenvalue weighted by molar-refractivity contribution is -0.118. The molecule has 6 nitrogen and oxygen atoms in total. The monoisotopic (exact) mass is 446 g/mol. The fraction of sp³-hybridized carbons (Fsp3) is 0.227. The van der Waals surface area contributed by atoms with Crippen LogP contribution in [-0.2, 0) is 14.8 Å². The molecule has 3 aromatic carbocycles. The normalized spacial score (nSPS) is 11.6. The van der Waals surface area contributed by atoms with Crippen molar-refractivity contribution in [1.82, 2.24) is 4.72 Å². The summed E-state index contributed by atoms with van der Waals surface area (Å²) in [5.74, 6) is 0.0587. The SMILES string of the molecule is CC(C)CNS(=O)(=O)c1ccc(OCC(=O)Nc2cccc3ccccc23)c(Cl)c1. The van der Waals surface area contributed by atoms with E-state index < -0.39 is 10.0 Å². The number of carbonyl (C=O) groups excluding carboxylic acids is 1. The molecule has 0 fully saturated rings. The molecule has 0 atom stereocenters. The van der Waals surface area contributed by atoms with Crippen LogP contribution in [0.2, 0.25) is 5.02 Å². The molecular weight excluding hydrogens is 424 g/mol. The van der Waals surface area contributed by atoms with Gasteiger partial charge in [0.1, 0.15) is 5.75 Å². The molecule has 3 aromatic rings. The summed E-state index contributed by atoms with van der Waals surface area (Å²) in [6.45, 7) is 3.89. The molecule has 30 heavy (non-hydrogen) atoms. The van der Waals surface area contributed by atoms with E-state index in [-0.39, 0.29) is 34.1 Å². The quantitative estimate of drug-likeness (QED) is 0.535. The van der Waals surface area contributed by atoms with Gasteiger partial charge >= 0.3 is 0 Å². The minimum atomic E-state index is -3.66. The first-order valence-corrected chi connectivity index (χ1v) is 11.3. The van der Waals surface area contributed by atoms with E-state index in [4.69, 9.17) is 16.3 Å². The molecule has 0 aromatic heterocycles. The number of halogens is 1. The van der Waals surface area contributed by atoms with Crippen molar-refractivity contribution in [2.75, 3.05) is 18.5 Å². The maximum absolute atomic E-state index is 12.3. The molecule has 1 amide bonds. The molecule has 0 saturated heterocycles. The molecule has 0 spiro atoms. The van der Waals surface area contributed by atoms with Crippen molar-refractivity contribution in [3.63, 3.8) is 0 Å². The second-order valence-corrected chi connectivity index (χ2v) is 9.38. The fourth-order valence-electron chi connectivity index (χ4n) is 2.79. The predicted molar refractivity (Wildman–Crippen MR) is 120 cm³/mol. The highest BCUT2D eigenvalue weighted by Gasteiger charge is 2.17. The summed E-state index contributed by atoms with van der Waals surface area (Å²) in [4.78, 5) is 12.4. The lowest BCUT2D eigenvalue weighted by Gasteiger charge is -2.12. The van der Waals surface area contributed by atoms with E-state index in [9.17, 15) is 13.2 Å². The van der Waals surface area contributed by atoms with E-state index in [1.165, 1.54) is 18.2 Å². The van der Waals surface area contributed by atoms with Crippen molar-refractivity contribution in [2.24, 2.45) is 5.92 Å². The summed E-state index contributed by atoms with van der Waals surface area (Å²) < 4.78 is 32.6. The minimum absolute atomic E-state index is 0.0423. The third kappa shape index (κ3) is 5.50. The molecule has 8 heteroatoms. The molecule has 158 valence electrons. The van der Waals surface area contributed by atoms with Crippen LogP contribution in [0.15, 0.2) is 65.6 Å². The van der Waals surface area contributed by atoms with Crippen LogP contribution in [0.25, 0.3) is 10.8 Å². The number of rotatable bonds is 8. The maximum Gasteiger partial charge on any atom is 0.262 e. The average Bonchev–Trinajstić information content (AvgIpc) is 2.71. The number of anilines is 1. The summed E-state index contributed by atoms with van der Waals surface area (Å²) in [6, 6.07) is 17.5. The van der Waals surface area contributed by atoms with Crippen LogP contribution in [0.4, 0.5) is 5.69 Å². The van der Waals surface area contributed by atoms with Gasteiger partial charge in [0.05, 0.1) is 9.92 Å². The van der Waals surface area contributed by atoms with Gasteiger partial charge in [0, 0.05) is 17.6 Å². The van der Waals surface area contributed by atoms with Gasteiger partial charge in [-0.15, -0.1) is 0 Å². The molecule has 0 saturated carbocycles. The Labute approximate surface area is 181 Å². The van der Waals surface area contributed by atoms with Gasteiger partial charge in [0.2, 0.25) is 10.0 Å². The molecule has 3 rings (SSSR count). The number of sulfonamides is 1. The maximum atomic E-state index is 12.3. The first kappa shape index (κ1) is 22.1. The van der Waals surface area contributed by atoms with Crippen LogP contribution >= 0.6 is 11.6 Å². The number of carbonyl (C=O) groups is 1. The highest BCUT2D eigenvalue weighted by molar-refractivity contribution is 7.89. The smallest absolute Gasteiger partial charge is 0.262 e. The van der Waals surface area contributed by atoms with Crippen molar-refractivity contribution in [1.29, 1.82) is 0 Å². The Balaban J connectivity index is 1.65. The van der Waals surface area contributed by atoms with E-state index in [1.807, 2.05) is 56.3 Å². The van der Waals surface area contributed by atoms with E-state index >= 15 is 0 Å². The predicted octanol–water partition coefficient (Wildman–Crippen LogP) is 4.45. The third-order valence-electron chi connectivity index (χ3n) is 4.32. The van der Waals surface area contributed by atoms with Crippen LogP contribution in [0.1, 0.15) is 13.8 Å². The third-order valence-corrected chi connectivity index (χ3v) is 6.03. The Morgan fingerprint density at radius 2 is 1.80 bits per heavy atom. The van der Waals surface area contributed by atoms with Crippen LogP contribution in [0, 0.1) is 5.92 Å². The van der Waals surface area contributed by atoms with Gasteiger partial charge in [0.25, 0.3) is 5.91 Å². The minimum Gasteiger partial charge on any atom is -0.482 e. The second kappa shape index (κ2) is 9.47. The Morgan fingerprint density at radius 1 is 1.07 bits per heavy atom. The lowest BCUT2D eigenvalue weighted by Crippen LogP contribution is -2.27. The van der Waals surface area contributed by atoms with Crippen LogP contribution < -0.4 is 14.8 Å². The van der Waals surface area contributed by atoms with Gasteiger partial charge in [-0.05, 0) is 35.6 Å². The fourth-order valence-corrected chi connectivity index (χ4v) is 4.33. The van der Waals surface area contributed by atoms with Gasteiger partial charge < -0.3 is 10.1 Å². The first-order valence-electron chi connectivity index (χ1n) is 9.46. The second-order valence-electron chi connectivity index (χ2n) is 7.20. The molecule has 0 aliphatic carbocycles. The van der Waals surface area contributed by atoms with Crippen molar-refractivity contribution < 1.29 is 17.9 Å². The highest BCUT2D eigenvalue weighted by atomic mass is 35.5. The number of nitrogens with one attached hydrogen (secondary N) is 2. The molecular formula is C22H23ClN2O4S. The molecule has 2 N–H and O–H groups in total. The molecule has 0 heterocycles. The first-order chi connectivity index (χ1) is 14.3. The lowest BCUT2D eigenvalue weighted by atomic mass is 10.1. The van der Waals surface area contributed by atoms with Gasteiger partial charge in [-0.1, -0.05) is 61.8 Å². The van der Waals surface area contributed by atoms with Crippen molar-refractivity contribution in [3.8, 4) is 5.75 Å². The summed E-state index contributed by atoms with van der Waals surface area (Å²) in [5, 5.41) is 4.88. The molecule has 0 radical (unpaired) electrons. The Morgan fingerprint density at radius 3 is 2.53 bits per heavy atom. The van der Waals surface area contributed by atoms with E-state index in [1.54, 1.807) is 0 Å². The van der Waals surface area contributed by atoms with E-state index in [0.29, 0.717) is 12.2 Å². The summed E-state index contributed by atoms with van der Waals surface area (Å²) in [5.41, 5.74) is 0.686. The zero-order valence-electron chi connectivity index (χ0n) is 16.7. The molecule has 0 aliphatic rings. The standard InChI is InChI=1S/C22H23ClN2O4S/c1-15(2)13-24-30(27,28)17-10-11-21(19(23)12-17)29-14-22(26)25-20-9-5-7-16-6-3-4-8-18(16)20/h3-12,15,24H,13-14H2,1-2H3,(H,25,26). The van der Waals surface area contributed by atoms with E-state index in [0.717, 1.165) is 10.8 Å². The summed E-state index contributed by atoms with van der Waals surface area (Å²) in [7, 11) is -3.66. The van der Waals surface area contributed by atoms with Crippen LogP contribution in [0.5, 0.6) is 5.75 Å². The Bertz CT molecular complexity index is 1160. The van der Waals surface area contributed by atoms with Gasteiger partial charge in [-0.2, -0.15) is 0 Å². The average molecular weight is 447 g/mol. The zero-order valence-corrected chi connectivity index (χ0v) is 18.3. The van der Waals surface area contributed by atoms with Crippen molar-refractivity contribution in [3.05, 3.63) is 65.7 Å². The van der Waals surface area contributed by atoms with Crippen molar-refractivity contribution in [2.45, 2.75) is 18.7 Å². The topological polar surface area (TPSA) is 84.5 Å². The van der Waals surface area contributed by atoms with Gasteiger partial charge in [-0.25, -0.2) is 13.1 Å². The van der Waals surface area contributed by atoms with Crippen molar-refractivity contribution >= 4 is 44.0 Å². The largest absolute Gasteiger partial charge is 0.482 e. The van der Waals surface area contributed by atoms with Gasteiger partial charge in [0.15, 0.2) is 6.61 Å². The van der Waals surface area contributed by atoms with E-state index in [2.05, 4.69) is 10.0 Å². The summed E-state index contributed by atoms with van der Waals surface area (Å²) in [6.07, 6.45) is 0. The Hall–Kier alpha value is -2.61. The number of hydrogen-bond acceptors (Lipinski definition) is 4. The molecule has 0 bridgehead atoms. The molecule has 0 aliphatic heterocycles. The summed E-state index contributed by atoms with van der Waals surface area (Å²) >= 11 is 6.17. The number of amides is 1. The molecule has 0 unspecified atom stereocenters. The highest BCUT2D eigenvalue weighted by Crippen LogP contribution is 2.28. The number of fused-ring (bicyclic) bond motifs is 1. The van der Waals surface area contributed by atoms with Crippen LogP contribution in [0.3, 0.4) is 0 Å². The number of hydrogen-bond donors (Lipinski definition) is 2. The van der Waals surface area contributed by atoms with Gasteiger partial charge in [-0.3, -0.25) is 4.79 Å². The van der Waals surface area contributed by atoms with Crippen LogP contribution in [-0.4, -0.2) is 27.5 Å². The Kier molecular flexibility index (Phi) is 6.97. The number of ether oxygens (including phenoxy) is 1. The number of benzene rings is 3. The zero-order chi connectivity index (χ0) is 21.7.